The summed E-state index contributed by atoms with van der Waals surface area (Å²) in [6, 6.07) is 4.61. The molecule has 1 aromatic rings. The first-order valence-electron chi connectivity index (χ1n) is 13.9. The molecular formula is C27H39ClN6O3S. The molecule has 0 radical (unpaired) electrons. The predicted molar refractivity (Wildman–Crippen MR) is 151 cm³/mol. The lowest BCUT2D eigenvalue weighted by atomic mass is 9.99. The van der Waals surface area contributed by atoms with Crippen LogP contribution in [-0.4, -0.2) is 83.5 Å². The summed E-state index contributed by atoms with van der Waals surface area (Å²) in [6.07, 6.45) is 8.04. The zero-order valence-electron chi connectivity index (χ0n) is 21.8. The molecule has 4 aliphatic heterocycles. The number of benzene rings is 1. The van der Waals surface area contributed by atoms with E-state index in [-0.39, 0.29) is 30.3 Å². The number of carbonyl (C=O) groups excluding carboxylic acids is 3. The number of halogens is 1. The predicted octanol–water partition coefficient (Wildman–Crippen LogP) is 2.39. The van der Waals surface area contributed by atoms with Crippen LogP contribution in [0, 0.1) is 5.92 Å². The lowest BCUT2D eigenvalue weighted by Gasteiger charge is -2.39. The highest BCUT2D eigenvalue weighted by atomic mass is 35.5. The van der Waals surface area contributed by atoms with Crippen molar-refractivity contribution in [3.05, 3.63) is 28.3 Å². The molecule has 2 bridgehead atoms. The van der Waals surface area contributed by atoms with Crippen molar-refractivity contribution in [2.24, 2.45) is 11.7 Å². The van der Waals surface area contributed by atoms with Crippen molar-refractivity contribution >= 4 is 47.0 Å². The molecule has 3 saturated heterocycles. The molecule has 0 aliphatic carbocycles. The number of fused-ring (bicyclic) bond motifs is 3. The zero-order valence-corrected chi connectivity index (χ0v) is 23.4. The van der Waals surface area contributed by atoms with Gasteiger partial charge in [0, 0.05) is 36.1 Å². The molecule has 3 fully saturated rings. The van der Waals surface area contributed by atoms with Crippen LogP contribution >= 0.6 is 23.5 Å². The molecule has 2 atom stereocenters. The number of piperidine rings is 2. The summed E-state index contributed by atoms with van der Waals surface area (Å²) >= 11 is 8.41. The molecule has 208 valence electrons. The van der Waals surface area contributed by atoms with Gasteiger partial charge in [-0.1, -0.05) is 23.5 Å². The third kappa shape index (κ3) is 6.65. The van der Waals surface area contributed by atoms with Gasteiger partial charge in [0.1, 0.15) is 0 Å². The number of nitrogens with one attached hydrogen (secondary N) is 3. The van der Waals surface area contributed by atoms with Gasteiger partial charge in [0.15, 0.2) is 0 Å². The van der Waals surface area contributed by atoms with Gasteiger partial charge in [-0.15, -0.1) is 0 Å². The fourth-order valence-corrected chi connectivity index (χ4v) is 8.09. The Bertz CT molecular complexity index is 1040. The van der Waals surface area contributed by atoms with Gasteiger partial charge < -0.3 is 26.6 Å². The molecule has 5 rings (SSSR count). The van der Waals surface area contributed by atoms with Gasteiger partial charge in [-0.3, -0.25) is 14.4 Å². The smallest absolute Gasteiger partial charge is 0.253 e. The van der Waals surface area contributed by atoms with Crippen molar-refractivity contribution in [1.29, 1.82) is 0 Å². The maximum atomic E-state index is 13.1. The van der Waals surface area contributed by atoms with Crippen LogP contribution in [0.15, 0.2) is 12.1 Å². The molecule has 9 nitrogen and oxygen atoms in total. The van der Waals surface area contributed by atoms with Gasteiger partial charge in [-0.25, -0.2) is 4.31 Å². The second-order valence-electron chi connectivity index (χ2n) is 11.1. The molecule has 2 unspecified atom stereocenters. The fraction of sp³-hybridized carbons (Fsp3) is 0.667. The zero-order chi connectivity index (χ0) is 26.6. The van der Waals surface area contributed by atoms with E-state index in [0.717, 1.165) is 50.4 Å². The summed E-state index contributed by atoms with van der Waals surface area (Å²) in [5.41, 5.74) is 7.32. The van der Waals surface area contributed by atoms with Crippen molar-refractivity contribution in [1.82, 2.24) is 19.8 Å². The number of hydrogen-bond donors (Lipinski definition) is 4. The van der Waals surface area contributed by atoms with Crippen LogP contribution in [0.25, 0.3) is 0 Å². The number of amides is 3. The van der Waals surface area contributed by atoms with E-state index in [2.05, 4.69) is 25.2 Å². The molecule has 4 aliphatic rings. The van der Waals surface area contributed by atoms with Gasteiger partial charge in [0.05, 0.1) is 23.6 Å². The standard InChI is InChI=1S/C27H39ClN6O3S/c28-23-14-24-18(11-25(35)32-24)10-22(23)27(37)31-19-12-20-2-3-21(13-19)34(20)38-16-17-4-8-33(9-5-17)7-1-6-30-26(36)15-29/h10,14,17,19-21H,1-9,11-13,15-16,29H2,(H,30,36)(H,31,37)(H,32,35). The number of likely N-dealkylation sites (tertiary alicyclic amines) is 1. The van der Waals surface area contributed by atoms with Crippen LogP contribution in [0.2, 0.25) is 5.02 Å². The van der Waals surface area contributed by atoms with Crippen LogP contribution in [0.1, 0.15) is 60.9 Å². The Labute approximate surface area is 234 Å². The van der Waals surface area contributed by atoms with E-state index in [1.54, 1.807) is 12.1 Å². The maximum Gasteiger partial charge on any atom is 0.253 e. The minimum atomic E-state index is -0.142. The van der Waals surface area contributed by atoms with Crippen LogP contribution in [0.4, 0.5) is 5.69 Å². The van der Waals surface area contributed by atoms with Crippen LogP contribution < -0.4 is 21.7 Å². The van der Waals surface area contributed by atoms with Crippen molar-refractivity contribution < 1.29 is 14.4 Å². The molecule has 38 heavy (non-hydrogen) atoms. The second-order valence-corrected chi connectivity index (χ2v) is 12.5. The summed E-state index contributed by atoms with van der Waals surface area (Å²) in [6.45, 7) is 4.05. The van der Waals surface area contributed by atoms with Gasteiger partial charge in [0.2, 0.25) is 11.8 Å². The number of carbonyl (C=O) groups is 3. The molecule has 0 aromatic heterocycles. The molecule has 0 spiro atoms. The Morgan fingerprint density at radius 1 is 1.13 bits per heavy atom. The summed E-state index contributed by atoms with van der Waals surface area (Å²) in [4.78, 5) is 38.5. The minimum Gasteiger partial charge on any atom is -0.355 e. The highest BCUT2D eigenvalue weighted by molar-refractivity contribution is 7.97. The topological polar surface area (TPSA) is 120 Å². The normalized spacial score (nSPS) is 25.7. The summed E-state index contributed by atoms with van der Waals surface area (Å²) in [5, 5.41) is 9.25. The Balaban J connectivity index is 1.03. The number of hydrogen-bond acceptors (Lipinski definition) is 7. The van der Waals surface area contributed by atoms with Crippen molar-refractivity contribution in [2.45, 2.75) is 69.5 Å². The summed E-state index contributed by atoms with van der Waals surface area (Å²) < 4.78 is 2.63. The van der Waals surface area contributed by atoms with Crippen molar-refractivity contribution in [2.75, 3.05) is 43.8 Å². The molecular weight excluding hydrogens is 524 g/mol. The Hall–Kier alpha value is -1.85. The molecule has 4 heterocycles. The first-order chi connectivity index (χ1) is 18.4. The van der Waals surface area contributed by atoms with Crippen LogP contribution in [0.3, 0.4) is 0 Å². The SMILES string of the molecule is NCC(=O)NCCCN1CCC(CSN2C3CCC2CC(NC(=O)c2cc4c(cc2Cl)NC(=O)C4)C3)CC1. The van der Waals surface area contributed by atoms with E-state index in [1.807, 2.05) is 11.9 Å². The van der Waals surface area contributed by atoms with E-state index in [4.69, 9.17) is 17.3 Å². The largest absolute Gasteiger partial charge is 0.355 e. The molecule has 5 N–H and O–H groups in total. The fourth-order valence-electron chi connectivity index (χ4n) is 6.32. The highest BCUT2D eigenvalue weighted by Gasteiger charge is 2.42. The summed E-state index contributed by atoms with van der Waals surface area (Å²) in [5.74, 6) is 1.62. The van der Waals surface area contributed by atoms with Crippen molar-refractivity contribution in [3.8, 4) is 0 Å². The Morgan fingerprint density at radius 2 is 1.87 bits per heavy atom. The average Bonchev–Trinajstić information content (AvgIpc) is 3.38. The Morgan fingerprint density at radius 3 is 2.58 bits per heavy atom. The number of anilines is 1. The van der Waals surface area contributed by atoms with Gasteiger partial charge in [-0.2, -0.15) is 0 Å². The van der Waals surface area contributed by atoms with Gasteiger partial charge >= 0.3 is 0 Å². The van der Waals surface area contributed by atoms with Crippen LogP contribution in [0.5, 0.6) is 0 Å². The monoisotopic (exact) mass is 562 g/mol. The van der Waals surface area contributed by atoms with E-state index in [1.165, 1.54) is 31.4 Å². The second kappa shape index (κ2) is 12.6. The van der Waals surface area contributed by atoms with E-state index >= 15 is 0 Å². The first kappa shape index (κ1) is 27.7. The van der Waals surface area contributed by atoms with Gasteiger partial charge in [-0.05, 0) is 88.2 Å². The van der Waals surface area contributed by atoms with E-state index < -0.39 is 0 Å². The quantitative estimate of drug-likeness (QED) is 0.255. The lowest BCUT2D eigenvalue weighted by Crippen LogP contribution is -2.48. The van der Waals surface area contributed by atoms with Gasteiger partial charge in [0.25, 0.3) is 5.91 Å². The summed E-state index contributed by atoms with van der Waals surface area (Å²) in [7, 11) is 0. The molecule has 0 saturated carbocycles. The minimum absolute atomic E-state index is 0.0588. The lowest BCUT2D eigenvalue weighted by molar-refractivity contribution is -0.119. The van der Waals surface area contributed by atoms with Crippen LogP contribution in [-0.2, 0) is 16.0 Å². The van der Waals surface area contributed by atoms with Crippen molar-refractivity contribution in [3.63, 3.8) is 0 Å². The molecule has 3 amide bonds. The number of nitrogens with two attached hydrogens (primary N) is 1. The third-order valence-electron chi connectivity index (χ3n) is 8.39. The van der Waals surface area contributed by atoms with E-state index in [0.29, 0.717) is 41.3 Å². The number of nitrogens with zero attached hydrogens (tertiary/aromatic N) is 2. The first-order valence-corrected chi connectivity index (χ1v) is 15.2. The highest BCUT2D eigenvalue weighted by Crippen LogP contribution is 2.41. The maximum absolute atomic E-state index is 13.1. The van der Waals surface area contributed by atoms with E-state index in [9.17, 15) is 14.4 Å². The average molecular weight is 563 g/mol. The molecule has 11 heteroatoms. The molecule has 1 aromatic carbocycles. The number of rotatable bonds is 10. The Kier molecular flexibility index (Phi) is 9.15. The third-order valence-corrected chi connectivity index (χ3v) is 10.2.